The molecule has 1 aliphatic heterocycles. The molecular weight excluding hydrogens is 358 g/mol. The third-order valence-corrected chi connectivity index (χ3v) is 4.81. The van der Waals surface area contributed by atoms with Gasteiger partial charge in [-0.15, -0.1) is 0 Å². The van der Waals surface area contributed by atoms with E-state index in [1.165, 1.54) is 0 Å². The summed E-state index contributed by atoms with van der Waals surface area (Å²) in [7, 11) is 3.19. The van der Waals surface area contributed by atoms with Gasteiger partial charge in [0, 0.05) is 31.9 Å². The maximum absolute atomic E-state index is 12.5. The number of anilines is 2. The van der Waals surface area contributed by atoms with Gasteiger partial charge in [-0.2, -0.15) is 0 Å². The van der Waals surface area contributed by atoms with Crippen LogP contribution in [0.15, 0.2) is 42.5 Å². The Labute approximate surface area is 164 Å². The van der Waals surface area contributed by atoms with Gasteiger partial charge in [0.15, 0.2) is 0 Å². The van der Waals surface area contributed by atoms with Crippen LogP contribution in [0.25, 0.3) is 0 Å². The zero-order valence-corrected chi connectivity index (χ0v) is 16.2. The fraction of sp³-hybridized carbons (Fsp3) is 0.333. The van der Waals surface area contributed by atoms with Crippen molar-refractivity contribution < 1.29 is 19.1 Å². The number of benzene rings is 2. The fourth-order valence-corrected chi connectivity index (χ4v) is 3.20. The molecule has 1 aliphatic rings. The van der Waals surface area contributed by atoms with Crippen molar-refractivity contribution in [1.29, 1.82) is 0 Å². The smallest absolute Gasteiger partial charge is 0.228 e. The molecule has 148 valence electrons. The van der Waals surface area contributed by atoms with Gasteiger partial charge < -0.3 is 24.6 Å². The molecule has 2 amide bonds. The minimum absolute atomic E-state index is 0.119. The van der Waals surface area contributed by atoms with Crippen LogP contribution in [0.5, 0.6) is 11.5 Å². The summed E-state index contributed by atoms with van der Waals surface area (Å²) in [5.74, 6) is 1.25. The van der Waals surface area contributed by atoms with E-state index in [4.69, 9.17) is 9.47 Å². The molecule has 1 fully saturated rings. The molecule has 1 heterocycles. The van der Waals surface area contributed by atoms with Crippen molar-refractivity contribution in [2.24, 2.45) is 0 Å². The Morgan fingerprint density at radius 2 is 1.75 bits per heavy atom. The maximum atomic E-state index is 12.5. The van der Waals surface area contributed by atoms with E-state index in [9.17, 15) is 9.59 Å². The van der Waals surface area contributed by atoms with E-state index in [-0.39, 0.29) is 12.3 Å². The summed E-state index contributed by atoms with van der Waals surface area (Å²) in [6, 6.07) is 13.2. The van der Waals surface area contributed by atoms with Gasteiger partial charge in [0.2, 0.25) is 12.3 Å². The SMILES string of the molecule is COc1ccc(CC(=O)Nc2cc(N3CCN(C=O)CC3)ccc2OC)cc1. The van der Waals surface area contributed by atoms with Gasteiger partial charge in [0.1, 0.15) is 11.5 Å². The van der Waals surface area contributed by atoms with Gasteiger partial charge in [-0.25, -0.2) is 0 Å². The Kier molecular flexibility index (Phi) is 6.37. The minimum atomic E-state index is -0.119. The van der Waals surface area contributed by atoms with E-state index >= 15 is 0 Å². The number of ether oxygens (including phenoxy) is 2. The molecule has 0 spiro atoms. The first-order chi connectivity index (χ1) is 13.6. The van der Waals surface area contributed by atoms with Gasteiger partial charge >= 0.3 is 0 Å². The number of methoxy groups -OCH3 is 2. The third kappa shape index (κ3) is 4.73. The summed E-state index contributed by atoms with van der Waals surface area (Å²) < 4.78 is 10.5. The average Bonchev–Trinajstić information content (AvgIpc) is 2.74. The van der Waals surface area contributed by atoms with E-state index in [0.29, 0.717) is 24.5 Å². The quantitative estimate of drug-likeness (QED) is 0.742. The molecule has 0 unspecified atom stereocenters. The highest BCUT2D eigenvalue weighted by atomic mass is 16.5. The molecular formula is C21H25N3O4. The first kappa shape index (κ1) is 19.5. The molecule has 0 aromatic heterocycles. The van der Waals surface area contributed by atoms with Crippen LogP contribution in [0.2, 0.25) is 0 Å². The predicted octanol–water partition coefficient (Wildman–Crippen LogP) is 2.16. The molecule has 0 radical (unpaired) electrons. The molecule has 0 atom stereocenters. The van der Waals surface area contributed by atoms with Crippen LogP contribution < -0.4 is 19.7 Å². The van der Waals surface area contributed by atoms with Gasteiger partial charge in [-0.3, -0.25) is 9.59 Å². The highest BCUT2D eigenvalue weighted by molar-refractivity contribution is 5.94. The average molecular weight is 383 g/mol. The summed E-state index contributed by atoms with van der Waals surface area (Å²) in [6.07, 6.45) is 1.14. The van der Waals surface area contributed by atoms with Crippen LogP contribution in [0.3, 0.4) is 0 Å². The molecule has 1 N–H and O–H groups in total. The Morgan fingerprint density at radius 1 is 1.04 bits per heavy atom. The lowest BCUT2D eigenvalue weighted by Gasteiger charge is -2.34. The van der Waals surface area contributed by atoms with E-state index in [1.807, 2.05) is 42.5 Å². The van der Waals surface area contributed by atoms with E-state index < -0.39 is 0 Å². The Balaban J connectivity index is 1.69. The number of nitrogens with zero attached hydrogens (tertiary/aromatic N) is 2. The minimum Gasteiger partial charge on any atom is -0.497 e. The molecule has 7 heteroatoms. The summed E-state index contributed by atoms with van der Waals surface area (Å²) in [5, 5.41) is 2.95. The molecule has 2 aromatic carbocycles. The van der Waals surface area contributed by atoms with Crippen LogP contribution in [-0.2, 0) is 16.0 Å². The molecule has 7 nitrogen and oxygen atoms in total. The summed E-state index contributed by atoms with van der Waals surface area (Å²) in [4.78, 5) is 27.4. The Hall–Kier alpha value is -3.22. The van der Waals surface area contributed by atoms with Crippen molar-refractivity contribution in [3.63, 3.8) is 0 Å². The largest absolute Gasteiger partial charge is 0.497 e. The number of piperazine rings is 1. The maximum Gasteiger partial charge on any atom is 0.228 e. The van der Waals surface area contributed by atoms with Crippen molar-refractivity contribution in [2.45, 2.75) is 6.42 Å². The number of carbonyl (C=O) groups excluding carboxylic acids is 2. The number of hydrogen-bond donors (Lipinski definition) is 1. The topological polar surface area (TPSA) is 71.1 Å². The van der Waals surface area contributed by atoms with Gasteiger partial charge in [0.25, 0.3) is 0 Å². The molecule has 2 aromatic rings. The lowest BCUT2D eigenvalue weighted by atomic mass is 10.1. The second-order valence-corrected chi connectivity index (χ2v) is 6.59. The number of hydrogen-bond acceptors (Lipinski definition) is 5. The van der Waals surface area contributed by atoms with Crippen LogP contribution in [0, 0.1) is 0 Å². The first-order valence-electron chi connectivity index (χ1n) is 9.18. The number of amides is 2. The van der Waals surface area contributed by atoms with Crippen molar-refractivity contribution in [2.75, 3.05) is 50.6 Å². The number of nitrogens with one attached hydrogen (secondary N) is 1. The second kappa shape index (κ2) is 9.12. The normalized spacial score (nSPS) is 13.8. The van der Waals surface area contributed by atoms with Crippen LogP contribution in [-0.4, -0.2) is 57.6 Å². The van der Waals surface area contributed by atoms with E-state index in [1.54, 1.807) is 19.1 Å². The lowest BCUT2D eigenvalue weighted by molar-refractivity contribution is -0.118. The Morgan fingerprint density at radius 3 is 2.36 bits per heavy atom. The van der Waals surface area contributed by atoms with Crippen LogP contribution in [0.4, 0.5) is 11.4 Å². The first-order valence-corrected chi connectivity index (χ1v) is 9.18. The lowest BCUT2D eigenvalue weighted by Crippen LogP contribution is -2.45. The standard InChI is InChI=1S/C21H25N3O4/c1-27-18-6-3-16(4-7-18)13-21(26)22-19-14-17(5-8-20(19)28-2)24-11-9-23(15-25)10-12-24/h3-8,14-15H,9-13H2,1-2H3,(H,22,26). The molecule has 0 aliphatic carbocycles. The number of carbonyl (C=O) groups is 2. The Bertz CT molecular complexity index is 815. The van der Waals surface area contributed by atoms with Crippen molar-refractivity contribution >= 4 is 23.7 Å². The van der Waals surface area contributed by atoms with Crippen LogP contribution >= 0.6 is 0 Å². The summed E-state index contributed by atoms with van der Waals surface area (Å²) in [5.41, 5.74) is 2.53. The van der Waals surface area contributed by atoms with Crippen molar-refractivity contribution in [1.82, 2.24) is 4.90 Å². The molecule has 1 saturated heterocycles. The summed E-state index contributed by atoms with van der Waals surface area (Å²) in [6.45, 7) is 2.89. The monoisotopic (exact) mass is 383 g/mol. The highest BCUT2D eigenvalue weighted by Gasteiger charge is 2.17. The summed E-state index contributed by atoms with van der Waals surface area (Å²) >= 11 is 0. The van der Waals surface area contributed by atoms with Gasteiger partial charge in [-0.05, 0) is 35.9 Å². The fourth-order valence-electron chi connectivity index (χ4n) is 3.20. The van der Waals surface area contributed by atoms with Crippen LogP contribution in [0.1, 0.15) is 5.56 Å². The molecule has 0 saturated carbocycles. The van der Waals surface area contributed by atoms with E-state index in [0.717, 1.165) is 36.5 Å². The highest BCUT2D eigenvalue weighted by Crippen LogP contribution is 2.30. The zero-order chi connectivity index (χ0) is 19.9. The zero-order valence-electron chi connectivity index (χ0n) is 16.2. The number of rotatable bonds is 7. The molecule has 3 rings (SSSR count). The van der Waals surface area contributed by atoms with Gasteiger partial charge in [-0.1, -0.05) is 12.1 Å². The third-order valence-electron chi connectivity index (χ3n) is 4.81. The van der Waals surface area contributed by atoms with Crippen molar-refractivity contribution in [3.05, 3.63) is 48.0 Å². The second-order valence-electron chi connectivity index (χ2n) is 6.59. The van der Waals surface area contributed by atoms with Gasteiger partial charge in [0.05, 0.1) is 26.3 Å². The molecule has 28 heavy (non-hydrogen) atoms. The molecule has 0 bridgehead atoms. The van der Waals surface area contributed by atoms with Crippen molar-refractivity contribution in [3.8, 4) is 11.5 Å². The van der Waals surface area contributed by atoms with E-state index in [2.05, 4.69) is 10.2 Å². The predicted molar refractivity (Wildman–Crippen MR) is 108 cm³/mol.